The minimum atomic E-state index is 0.301. The third-order valence-electron chi connectivity index (χ3n) is 2.04. The summed E-state index contributed by atoms with van der Waals surface area (Å²) in [6, 6.07) is 7.84. The quantitative estimate of drug-likeness (QED) is 0.635. The molecule has 1 aromatic carbocycles. The van der Waals surface area contributed by atoms with Crippen molar-refractivity contribution in [2.24, 2.45) is 0 Å². The van der Waals surface area contributed by atoms with Crippen LogP contribution in [0.2, 0.25) is 0 Å². The van der Waals surface area contributed by atoms with Gasteiger partial charge in [0.2, 0.25) is 0 Å². The van der Waals surface area contributed by atoms with Crippen molar-refractivity contribution in [3.05, 3.63) is 35.4 Å². The van der Waals surface area contributed by atoms with Gasteiger partial charge in [0, 0.05) is 12.0 Å². The molecular formula is C11H12O3. The first-order valence-corrected chi connectivity index (χ1v) is 4.37. The third-order valence-corrected chi connectivity index (χ3v) is 2.04. The number of ketones is 1. The molecule has 2 rings (SSSR count). The molecular weight excluding hydrogens is 180 g/mol. The summed E-state index contributed by atoms with van der Waals surface area (Å²) < 4.78 is 3.86. The first-order valence-electron chi connectivity index (χ1n) is 4.37. The van der Waals surface area contributed by atoms with Crippen LogP contribution in [-0.2, 0) is 16.0 Å². The second-order valence-electron chi connectivity index (χ2n) is 2.91. The highest BCUT2D eigenvalue weighted by molar-refractivity contribution is 6.00. The largest absolute Gasteiger partial charge is 0.471 e. The maximum Gasteiger partial charge on any atom is 0.292 e. The molecule has 0 aliphatic heterocycles. The fraction of sp³-hybridized carbons (Fsp3) is 0.273. The van der Waals surface area contributed by atoms with E-state index in [2.05, 4.69) is 4.74 Å². The van der Waals surface area contributed by atoms with Gasteiger partial charge in [-0.2, -0.15) is 0 Å². The summed E-state index contributed by atoms with van der Waals surface area (Å²) in [5, 5.41) is 0. The highest BCUT2D eigenvalue weighted by atomic mass is 16.5. The zero-order valence-electron chi connectivity index (χ0n) is 8.03. The Kier molecular flexibility index (Phi) is 3.85. The van der Waals surface area contributed by atoms with Gasteiger partial charge in [0.1, 0.15) is 0 Å². The van der Waals surface area contributed by atoms with Crippen LogP contribution in [0.25, 0.3) is 0 Å². The van der Waals surface area contributed by atoms with E-state index in [0.29, 0.717) is 18.7 Å². The number of methoxy groups -OCH3 is 1. The third kappa shape index (κ3) is 2.42. The van der Waals surface area contributed by atoms with Crippen molar-refractivity contribution < 1.29 is 14.3 Å². The van der Waals surface area contributed by atoms with Gasteiger partial charge in [-0.05, 0) is 12.0 Å². The predicted octanol–water partition coefficient (Wildman–Crippen LogP) is 1.60. The van der Waals surface area contributed by atoms with Crippen LogP contribution in [0.4, 0.5) is 0 Å². The summed E-state index contributed by atoms with van der Waals surface area (Å²) >= 11 is 0. The van der Waals surface area contributed by atoms with Crippen molar-refractivity contribution >= 4 is 12.3 Å². The number of fused-ring (bicyclic) bond motifs is 1. The van der Waals surface area contributed by atoms with E-state index in [-0.39, 0.29) is 0 Å². The normalized spacial score (nSPS) is 12.5. The topological polar surface area (TPSA) is 43.4 Å². The van der Waals surface area contributed by atoms with Crippen LogP contribution in [0.1, 0.15) is 22.3 Å². The zero-order chi connectivity index (χ0) is 10.4. The Bertz CT molecular complexity index is 331. The Balaban J connectivity index is 0.000000213. The Morgan fingerprint density at radius 3 is 2.50 bits per heavy atom. The van der Waals surface area contributed by atoms with Crippen LogP contribution in [0.15, 0.2) is 24.3 Å². The monoisotopic (exact) mass is 192 g/mol. The number of ether oxygens (including phenoxy) is 1. The maximum atomic E-state index is 11.1. The Hall–Kier alpha value is -1.64. The number of carbonyl (C=O) groups is 2. The van der Waals surface area contributed by atoms with E-state index in [1.165, 1.54) is 12.7 Å². The molecule has 1 aliphatic rings. The molecule has 0 atom stereocenters. The first-order chi connectivity index (χ1) is 6.79. The molecule has 0 amide bonds. The van der Waals surface area contributed by atoms with Gasteiger partial charge in [0.15, 0.2) is 5.78 Å². The van der Waals surface area contributed by atoms with Gasteiger partial charge in [-0.1, -0.05) is 24.3 Å². The lowest BCUT2D eigenvalue weighted by Gasteiger charge is -1.92. The highest BCUT2D eigenvalue weighted by Gasteiger charge is 2.17. The molecule has 0 aromatic heterocycles. The maximum absolute atomic E-state index is 11.1. The fourth-order valence-electron chi connectivity index (χ4n) is 1.39. The predicted molar refractivity (Wildman–Crippen MR) is 52.2 cm³/mol. The van der Waals surface area contributed by atoms with E-state index in [4.69, 9.17) is 4.79 Å². The lowest BCUT2D eigenvalue weighted by atomic mass is 10.1. The van der Waals surface area contributed by atoms with Crippen molar-refractivity contribution in [2.45, 2.75) is 12.8 Å². The van der Waals surface area contributed by atoms with E-state index in [9.17, 15) is 4.79 Å². The Labute approximate surface area is 82.7 Å². The summed E-state index contributed by atoms with van der Waals surface area (Å²) in [7, 11) is 1.31. The lowest BCUT2D eigenvalue weighted by Crippen LogP contribution is -1.88. The number of aryl methyl sites for hydroxylation is 1. The van der Waals surface area contributed by atoms with E-state index in [0.717, 1.165) is 12.0 Å². The second kappa shape index (κ2) is 5.17. The summed E-state index contributed by atoms with van der Waals surface area (Å²) in [6.07, 6.45) is 1.65. The molecule has 0 heterocycles. The molecule has 1 aliphatic carbocycles. The average molecular weight is 192 g/mol. The summed E-state index contributed by atoms with van der Waals surface area (Å²) in [5.41, 5.74) is 2.15. The standard InChI is InChI=1S/C9H8O.C2H4O2/c10-9-6-5-7-3-1-2-4-8(7)9;1-4-2-3/h1-4H,5-6H2;2H,1H3. The minimum Gasteiger partial charge on any atom is -0.471 e. The molecule has 0 N–H and O–H groups in total. The fourth-order valence-corrected chi connectivity index (χ4v) is 1.39. The summed E-state index contributed by atoms with van der Waals surface area (Å²) in [6.45, 7) is 0.375. The Morgan fingerprint density at radius 2 is 1.93 bits per heavy atom. The van der Waals surface area contributed by atoms with Crippen LogP contribution in [0, 0.1) is 0 Å². The molecule has 0 radical (unpaired) electrons. The first kappa shape index (κ1) is 10.4. The average Bonchev–Trinajstić information content (AvgIpc) is 2.62. The van der Waals surface area contributed by atoms with Crippen molar-refractivity contribution in [3.63, 3.8) is 0 Å². The molecule has 0 saturated heterocycles. The molecule has 0 unspecified atom stereocenters. The molecule has 74 valence electrons. The zero-order valence-corrected chi connectivity index (χ0v) is 8.03. The number of Topliss-reactive ketones (excluding diaryl/α,β-unsaturated/α-hetero) is 1. The smallest absolute Gasteiger partial charge is 0.292 e. The van der Waals surface area contributed by atoms with Gasteiger partial charge in [0.05, 0.1) is 7.11 Å². The number of rotatable bonds is 1. The van der Waals surface area contributed by atoms with Crippen molar-refractivity contribution in [2.75, 3.05) is 7.11 Å². The molecule has 0 bridgehead atoms. The molecule has 3 nitrogen and oxygen atoms in total. The number of benzene rings is 1. The molecule has 3 heteroatoms. The highest BCUT2D eigenvalue weighted by Crippen LogP contribution is 2.20. The van der Waals surface area contributed by atoms with Crippen LogP contribution < -0.4 is 0 Å². The lowest BCUT2D eigenvalue weighted by molar-refractivity contribution is -0.126. The van der Waals surface area contributed by atoms with Crippen LogP contribution in [-0.4, -0.2) is 19.4 Å². The van der Waals surface area contributed by atoms with Gasteiger partial charge < -0.3 is 4.74 Å². The van der Waals surface area contributed by atoms with Crippen LogP contribution >= 0.6 is 0 Å². The number of hydrogen-bond acceptors (Lipinski definition) is 3. The molecule has 1 aromatic rings. The Morgan fingerprint density at radius 1 is 1.29 bits per heavy atom. The molecule has 14 heavy (non-hydrogen) atoms. The van der Waals surface area contributed by atoms with Crippen molar-refractivity contribution in [1.82, 2.24) is 0 Å². The van der Waals surface area contributed by atoms with Crippen molar-refractivity contribution in [3.8, 4) is 0 Å². The summed E-state index contributed by atoms with van der Waals surface area (Å²) in [4.78, 5) is 20.0. The van der Waals surface area contributed by atoms with Gasteiger partial charge in [0.25, 0.3) is 6.47 Å². The number of carbonyl (C=O) groups excluding carboxylic acids is 2. The van der Waals surface area contributed by atoms with Crippen LogP contribution in [0.5, 0.6) is 0 Å². The molecule has 0 spiro atoms. The van der Waals surface area contributed by atoms with Gasteiger partial charge in [-0.15, -0.1) is 0 Å². The van der Waals surface area contributed by atoms with Gasteiger partial charge in [-0.25, -0.2) is 0 Å². The number of hydrogen-bond donors (Lipinski definition) is 0. The van der Waals surface area contributed by atoms with Crippen molar-refractivity contribution in [1.29, 1.82) is 0 Å². The van der Waals surface area contributed by atoms with E-state index in [1.54, 1.807) is 0 Å². The van der Waals surface area contributed by atoms with E-state index >= 15 is 0 Å². The molecule has 0 fully saturated rings. The van der Waals surface area contributed by atoms with Crippen LogP contribution in [0.3, 0.4) is 0 Å². The van der Waals surface area contributed by atoms with Gasteiger partial charge in [-0.3, -0.25) is 9.59 Å². The van der Waals surface area contributed by atoms with Gasteiger partial charge >= 0.3 is 0 Å². The van der Waals surface area contributed by atoms with E-state index in [1.807, 2.05) is 24.3 Å². The SMILES string of the molecule is COC=O.O=C1CCc2ccccc21. The molecule has 0 saturated carbocycles. The summed E-state index contributed by atoms with van der Waals surface area (Å²) in [5.74, 6) is 0.301. The minimum absolute atomic E-state index is 0.301. The van der Waals surface area contributed by atoms with E-state index < -0.39 is 0 Å². The second-order valence-corrected chi connectivity index (χ2v) is 2.91.